The van der Waals surface area contributed by atoms with E-state index in [0.717, 1.165) is 16.0 Å². The van der Waals surface area contributed by atoms with E-state index in [1.165, 1.54) is 0 Å². The molecule has 0 spiro atoms. The summed E-state index contributed by atoms with van der Waals surface area (Å²) in [5.41, 5.74) is 11.1. The van der Waals surface area contributed by atoms with E-state index in [2.05, 4.69) is 10.0 Å². The van der Waals surface area contributed by atoms with E-state index < -0.39 is 30.4 Å². The van der Waals surface area contributed by atoms with Crippen LogP contribution in [-0.4, -0.2) is 56.1 Å². The Labute approximate surface area is 192 Å². The number of hydrogen-bond acceptors (Lipinski definition) is 6. The van der Waals surface area contributed by atoms with Crippen LogP contribution in [0.2, 0.25) is 0 Å². The van der Waals surface area contributed by atoms with Gasteiger partial charge >= 0.3 is 6.09 Å². The highest BCUT2D eigenvalue weighted by molar-refractivity contribution is 5.96. The summed E-state index contributed by atoms with van der Waals surface area (Å²) in [6.07, 6.45) is -0.127. The van der Waals surface area contributed by atoms with Gasteiger partial charge in [-0.3, -0.25) is 4.79 Å². The van der Waals surface area contributed by atoms with Crippen molar-refractivity contribution in [1.82, 2.24) is 4.90 Å². The van der Waals surface area contributed by atoms with Gasteiger partial charge in [-0.15, -0.1) is 0 Å². The molecule has 1 aliphatic rings. The average molecular weight is 453 g/mol. The summed E-state index contributed by atoms with van der Waals surface area (Å²) < 4.78 is 15.9. The molecule has 1 saturated heterocycles. The largest absolute Gasteiger partial charge is 0.447 e. The zero-order valence-corrected chi connectivity index (χ0v) is 18.7. The summed E-state index contributed by atoms with van der Waals surface area (Å²) in [7, 11) is 3.08. The zero-order valence-electron chi connectivity index (χ0n) is 18.7. The summed E-state index contributed by atoms with van der Waals surface area (Å²) in [6, 6.07) is 17.6. The molecule has 3 atom stereocenters. The van der Waals surface area contributed by atoms with Crippen molar-refractivity contribution in [3.8, 4) is 0 Å². The van der Waals surface area contributed by atoms with Crippen molar-refractivity contribution in [2.45, 2.75) is 43.6 Å². The van der Waals surface area contributed by atoms with Crippen molar-refractivity contribution in [3.05, 3.63) is 82.2 Å². The van der Waals surface area contributed by atoms with Gasteiger partial charge in [-0.25, -0.2) is 9.69 Å². The molecule has 1 unspecified atom stereocenters. The quantitative estimate of drug-likeness (QED) is 0.216. The molecule has 1 aliphatic heterocycles. The lowest BCUT2D eigenvalue weighted by molar-refractivity contribution is -0.131. The SMILES string of the molecule is COC(CC(C[C@H](N=[N+]=[N-])C(=O)N1C(=O)OC[C@@H]1Cc1ccccc1)c1ccccc1)OC. The minimum atomic E-state index is -1.08. The number of hydrogen-bond donors (Lipinski definition) is 0. The topological polar surface area (TPSA) is 114 Å². The molecule has 174 valence electrons. The smallest absolute Gasteiger partial charge is 0.416 e. The van der Waals surface area contributed by atoms with Crippen molar-refractivity contribution in [3.63, 3.8) is 0 Å². The standard InChI is InChI=1S/C24H28N4O5/c1-31-22(32-2)15-19(18-11-7-4-8-12-18)14-21(26-27-25)23(29)28-20(16-33-24(28)30)13-17-9-5-3-6-10-17/h3-12,19-22H,13-16H2,1-2H3/t19?,20-,21-/m0/s1. The average Bonchev–Trinajstić information content (AvgIpc) is 3.21. The van der Waals surface area contributed by atoms with Gasteiger partial charge in [0.15, 0.2) is 6.29 Å². The molecule has 0 radical (unpaired) electrons. The highest BCUT2D eigenvalue weighted by atomic mass is 16.7. The number of rotatable bonds is 11. The fourth-order valence-corrected chi connectivity index (χ4v) is 4.07. The Kier molecular flexibility index (Phi) is 8.83. The van der Waals surface area contributed by atoms with Crippen LogP contribution in [-0.2, 0) is 25.4 Å². The van der Waals surface area contributed by atoms with E-state index in [-0.39, 0.29) is 18.9 Å². The predicted molar refractivity (Wildman–Crippen MR) is 121 cm³/mol. The van der Waals surface area contributed by atoms with Crippen LogP contribution in [0, 0.1) is 0 Å². The maximum absolute atomic E-state index is 13.4. The van der Waals surface area contributed by atoms with E-state index in [1.54, 1.807) is 14.2 Å². The molecule has 1 heterocycles. The molecule has 1 fully saturated rings. The Morgan fingerprint density at radius 1 is 1.12 bits per heavy atom. The van der Waals surface area contributed by atoms with E-state index in [1.807, 2.05) is 60.7 Å². The second-order valence-electron chi connectivity index (χ2n) is 7.83. The molecule has 2 aromatic carbocycles. The van der Waals surface area contributed by atoms with Gasteiger partial charge in [0.1, 0.15) is 12.6 Å². The second kappa shape index (κ2) is 12.0. The minimum absolute atomic E-state index is 0.0972. The van der Waals surface area contributed by atoms with Gasteiger partial charge < -0.3 is 14.2 Å². The Balaban J connectivity index is 1.83. The first kappa shape index (κ1) is 24.3. The molecule has 33 heavy (non-hydrogen) atoms. The lowest BCUT2D eigenvalue weighted by Gasteiger charge is -2.27. The summed E-state index contributed by atoms with van der Waals surface area (Å²) >= 11 is 0. The molecular formula is C24H28N4O5. The first-order valence-corrected chi connectivity index (χ1v) is 10.8. The molecule has 0 N–H and O–H groups in total. The maximum Gasteiger partial charge on any atom is 0.416 e. The van der Waals surface area contributed by atoms with E-state index in [4.69, 9.17) is 14.2 Å². The van der Waals surface area contributed by atoms with Crippen LogP contribution in [0.1, 0.15) is 29.9 Å². The molecular weight excluding hydrogens is 424 g/mol. The summed E-state index contributed by atoms with van der Waals surface area (Å²) in [5.74, 6) is -0.773. The Hall–Kier alpha value is -3.39. The normalized spacial score (nSPS) is 17.4. The van der Waals surface area contributed by atoms with E-state index in [0.29, 0.717) is 12.8 Å². The Morgan fingerprint density at radius 2 is 1.76 bits per heavy atom. The summed E-state index contributed by atoms with van der Waals surface area (Å²) in [4.78, 5) is 29.9. The molecule has 9 nitrogen and oxygen atoms in total. The molecule has 9 heteroatoms. The fraction of sp³-hybridized carbons (Fsp3) is 0.417. The van der Waals surface area contributed by atoms with Gasteiger partial charge in [0.2, 0.25) is 5.91 Å². The number of amides is 2. The third-order valence-corrected chi connectivity index (χ3v) is 5.77. The number of imide groups is 1. The van der Waals surface area contributed by atoms with Crippen LogP contribution in [0.5, 0.6) is 0 Å². The van der Waals surface area contributed by atoms with Crippen molar-refractivity contribution in [2.24, 2.45) is 5.11 Å². The van der Waals surface area contributed by atoms with Crippen LogP contribution < -0.4 is 0 Å². The molecule has 0 aliphatic carbocycles. The molecule has 3 rings (SSSR count). The molecule has 0 bridgehead atoms. The van der Waals surface area contributed by atoms with Crippen molar-refractivity contribution >= 4 is 12.0 Å². The van der Waals surface area contributed by atoms with Gasteiger partial charge in [0, 0.05) is 25.6 Å². The maximum atomic E-state index is 13.4. The van der Waals surface area contributed by atoms with E-state index in [9.17, 15) is 15.1 Å². The zero-order chi connectivity index (χ0) is 23.6. The number of carbonyl (C=O) groups excluding carboxylic acids is 2. The third-order valence-electron chi connectivity index (χ3n) is 5.77. The number of ether oxygens (including phenoxy) is 3. The number of benzene rings is 2. The predicted octanol–water partition coefficient (Wildman–Crippen LogP) is 4.44. The number of carbonyl (C=O) groups is 2. The molecule has 0 saturated carbocycles. The Bertz CT molecular complexity index is 961. The third kappa shape index (κ3) is 6.32. The van der Waals surface area contributed by atoms with Crippen LogP contribution >= 0.6 is 0 Å². The van der Waals surface area contributed by atoms with Gasteiger partial charge in [-0.05, 0) is 35.4 Å². The van der Waals surface area contributed by atoms with Crippen molar-refractivity contribution < 1.29 is 23.8 Å². The van der Waals surface area contributed by atoms with Crippen LogP contribution in [0.3, 0.4) is 0 Å². The van der Waals surface area contributed by atoms with Gasteiger partial charge in [0.05, 0.1) is 6.04 Å². The number of azide groups is 1. The van der Waals surface area contributed by atoms with Crippen molar-refractivity contribution in [1.29, 1.82) is 0 Å². The molecule has 0 aromatic heterocycles. The van der Waals surface area contributed by atoms with Crippen LogP contribution in [0.25, 0.3) is 10.4 Å². The summed E-state index contributed by atoms with van der Waals surface area (Å²) in [6.45, 7) is 0.0972. The first-order chi connectivity index (χ1) is 16.1. The monoisotopic (exact) mass is 452 g/mol. The Morgan fingerprint density at radius 3 is 2.36 bits per heavy atom. The number of nitrogens with zero attached hydrogens (tertiary/aromatic N) is 4. The number of methoxy groups -OCH3 is 2. The highest BCUT2D eigenvalue weighted by Gasteiger charge is 2.41. The minimum Gasteiger partial charge on any atom is -0.447 e. The highest BCUT2D eigenvalue weighted by Crippen LogP contribution is 2.30. The van der Waals surface area contributed by atoms with Gasteiger partial charge in [-0.2, -0.15) is 0 Å². The fourth-order valence-electron chi connectivity index (χ4n) is 4.07. The first-order valence-electron chi connectivity index (χ1n) is 10.8. The molecule has 2 amide bonds. The van der Waals surface area contributed by atoms with Gasteiger partial charge in [-0.1, -0.05) is 65.8 Å². The van der Waals surface area contributed by atoms with E-state index >= 15 is 0 Å². The second-order valence-corrected chi connectivity index (χ2v) is 7.83. The van der Waals surface area contributed by atoms with Crippen molar-refractivity contribution in [2.75, 3.05) is 20.8 Å². The lowest BCUT2D eigenvalue weighted by Crippen LogP contribution is -2.45. The van der Waals surface area contributed by atoms with Gasteiger partial charge in [0.25, 0.3) is 0 Å². The van der Waals surface area contributed by atoms with Crippen LogP contribution in [0.15, 0.2) is 65.8 Å². The van der Waals surface area contributed by atoms with Crippen LogP contribution in [0.4, 0.5) is 4.79 Å². The molecule has 2 aromatic rings. The lowest BCUT2D eigenvalue weighted by atomic mass is 9.88. The summed E-state index contributed by atoms with van der Waals surface area (Å²) in [5, 5.41) is 3.77. The number of cyclic esters (lactones) is 1.